The Balaban J connectivity index is 2.60. The minimum atomic E-state index is -0.859. The van der Waals surface area contributed by atoms with Crippen molar-refractivity contribution in [3.8, 4) is 0 Å². The van der Waals surface area contributed by atoms with E-state index in [1.54, 1.807) is 0 Å². The van der Waals surface area contributed by atoms with E-state index in [0.717, 1.165) is 5.56 Å². The van der Waals surface area contributed by atoms with Crippen molar-refractivity contribution >= 4 is 10.8 Å². The molecular formula is C14H22O2S. The number of rotatable bonds is 5. The standard InChI is InChI=1S/C14H22O2S/c1-14(2,3)13-7-5-12(6-8-13)11-17(16)10-4-9-15/h5-8,15H,4,9-11H2,1-3H3. The van der Waals surface area contributed by atoms with Crippen molar-refractivity contribution in [2.75, 3.05) is 12.4 Å². The van der Waals surface area contributed by atoms with Crippen molar-refractivity contribution in [1.29, 1.82) is 0 Å². The molecule has 0 heterocycles. The van der Waals surface area contributed by atoms with Gasteiger partial charge in [0.2, 0.25) is 0 Å². The van der Waals surface area contributed by atoms with Crippen LogP contribution in [0, 0.1) is 0 Å². The van der Waals surface area contributed by atoms with Crippen molar-refractivity contribution in [3.05, 3.63) is 35.4 Å². The van der Waals surface area contributed by atoms with E-state index in [2.05, 4.69) is 45.0 Å². The van der Waals surface area contributed by atoms with Crippen molar-refractivity contribution in [2.45, 2.75) is 38.4 Å². The average molecular weight is 254 g/mol. The van der Waals surface area contributed by atoms with Gasteiger partial charge in [0.15, 0.2) is 0 Å². The van der Waals surface area contributed by atoms with Gasteiger partial charge in [-0.2, -0.15) is 0 Å². The Kier molecular flexibility index (Phi) is 5.34. The molecule has 0 bridgehead atoms. The highest BCUT2D eigenvalue weighted by molar-refractivity contribution is 7.84. The minimum Gasteiger partial charge on any atom is -0.396 e. The summed E-state index contributed by atoms with van der Waals surface area (Å²) in [6, 6.07) is 8.33. The molecule has 0 amide bonds. The van der Waals surface area contributed by atoms with Crippen molar-refractivity contribution in [2.24, 2.45) is 0 Å². The second-order valence-corrected chi connectivity index (χ2v) is 6.89. The van der Waals surface area contributed by atoms with Gasteiger partial charge < -0.3 is 5.11 Å². The van der Waals surface area contributed by atoms with Gasteiger partial charge in [-0.05, 0) is 23.0 Å². The molecule has 0 saturated carbocycles. The lowest BCUT2D eigenvalue weighted by Crippen LogP contribution is -2.11. The maximum atomic E-state index is 11.7. The molecule has 0 aliphatic heterocycles. The van der Waals surface area contributed by atoms with Crippen LogP contribution in [0.5, 0.6) is 0 Å². The van der Waals surface area contributed by atoms with Gasteiger partial charge >= 0.3 is 0 Å². The lowest BCUT2D eigenvalue weighted by molar-refractivity contribution is 0.296. The van der Waals surface area contributed by atoms with Crippen molar-refractivity contribution in [1.82, 2.24) is 0 Å². The first-order valence-electron chi connectivity index (χ1n) is 5.99. The predicted octanol–water partition coefficient (Wildman–Crippen LogP) is 2.62. The molecule has 0 aliphatic rings. The molecule has 1 N–H and O–H groups in total. The zero-order chi connectivity index (χ0) is 12.9. The summed E-state index contributed by atoms with van der Waals surface area (Å²) in [4.78, 5) is 0. The molecule has 96 valence electrons. The third kappa shape index (κ3) is 5.00. The molecule has 1 rings (SSSR count). The van der Waals surface area contributed by atoms with E-state index in [1.165, 1.54) is 5.56 Å². The summed E-state index contributed by atoms with van der Waals surface area (Å²) in [5.41, 5.74) is 2.56. The summed E-state index contributed by atoms with van der Waals surface area (Å²) in [6.45, 7) is 6.67. The average Bonchev–Trinajstić information content (AvgIpc) is 2.26. The third-order valence-corrected chi connectivity index (χ3v) is 4.08. The van der Waals surface area contributed by atoms with Crippen molar-refractivity contribution in [3.63, 3.8) is 0 Å². The first-order valence-corrected chi connectivity index (χ1v) is 7.47. The number of aliphatic hydroxyl groups excluding tert-OH is 1. The molecule has 0 aliphatic carbocycles. The molecule has 3 heteroatoms. The monoisotopic (exact) mass is 254 g/mol. The van der Waals surface area contributed by atoms with Gasteiger partial charge in [-0.1, -0.05) is 45.0 Å². The molecular weight excluding hydrogens is 232 g/mol. The van der Waals surface area contributed by atoms with E-state index in [0.29, 0.717) is 17.9 Å². The smallest absolute Gasteiger partial charge is 0.0485 e. The molecule has 2 nitrogen and oxygen atoms in total. The van der Waals surface area contributed by atoms with Crippen LogP contribution in [-0.2, 0) is 22.0 Å². The van der Waals surface area contributed by atoms with Gasteiger partial charge in [0, 0.05) is 28.9 Å². The Morgan fingerprint density at radius 1 is 1.18 bits per heavy atom. The zero-order valence-corrected chi connectivity index (χ0v) is 11.7. The fraction of sp³-hybridized carbons (Fsp3) is 0.571. The quantitative estimate of drug-likeness (QED) is 0.877. The Labute approximate surface area is 107 Å². The van der Waals surface area contributed by atoms with Gasteiger partial charge in [-0.3, -0.25) is 4.21 Å². The Morgan fingerprint density at radius 3 is 2.24 bits per heavy atom. The largest absolute Gasteiger partial charge is 0.396 e. The first-order chi connectivity index (χ1) is 7.93. The van der Waals surface area contributed by atoms with Crippen LogP contribution in [0.4, 0.5) is 0 Å². The Hall–Kier alpha value is -0.670. The summed E-state index contributed by atoms with van der Waals surface area (Å²) in [5, 5.41) is 8.67. The van der Waals surface area contributed by atoms with Crippen LogP contribution in [0.3, 0.4) is 0 Å². The summed E-state index contributed by atoms with van der Waals surface area (Å²) >= 11 is 0. The van der Waals surface area contributed by atoms with Crippen molar-refractivity contribution < 1.29 is 9.32 Å². The lowest BCUT2D eigenvalue weighted by atomic mass is 9.87. The van der Waals surface area contributed by atoms with Crippen LogP contribution in [0.25, 0.3) is 0 Å². The Morgan fingerprint density at radius 2 is 1.76 bits per heavy atom. The lowest BCUT2D eigenvalue weighted by Gasteiger charge is -2.19. The fourth-order valence-corrected chi connectivity index (χ4v) is 2.74. The molecule has 0 spiro atoms. The Bertz CT molecular complexity index is 363. The molecule has 0 saturated heterocycles. The molecule has 1 aromatic rings. The van der Waals surface area contributed by atoms with Gasteiger partial charge in [0.05, 0.1) is 0 Å². The minimum absolute atomic E-state index is 0.120. The zero-order valence-electron chi connectivity index (χ0n) is 10.9. The first kappa shape index (κ1) is 14.4. The highest BCUT2D eigenvalue weighted by atomic mass is 32.2. The summed E-state index contributed by atoms with van der Waals surface area (Å²) < 4.78 is 11.7. The maximum Gasteiger partial charge on any atom is 0.0485 e. The molecule has 0 radical (unpaired) electrons. The van der Waals surface area contributed by atoms with E-state index in [4.69, 9.17) is 5.11 Å². The van der Waals surface area contributed by atoms with Crippen LogP contribution in [0.15, 0.2) is 24.3 Å². The second-order valence-electron chi connectivity index (χ2n) is 5.31. The van der Waals surface area contributed by atoms with Gasteiger partial charge in [-0.15, -0.1) is 0 Å². The van der Waals surface area contributed by atoms with Crippen LogP contribution in [0.1, 0.15) is 38.3 Å². The SMILES string of the molecule is CC(C)(C)c1ccc(CS(=O)CCCO)cc1. The summed E-state index contributed by atoms with van der Waals surface area (Å²) in [5.74, 6) is 1.17. The van der Waals surface area contributed by atoms with Gasteiger partial charge in [0.1, 0.15) is 0 Å². The molecule has 1 unspecified atom stereocenters. The molecule has 0 aromatic heterocycles. The molecule has 1 atom stereocenters. The van der Waals surface area contributed by atoms with Gasteiger partial charge in [0.25, 0.3) is 0 Å². The summed E-state index contributed by atoms with van der Waals surface area (Å²) in [6.07, 6.45) is 0.618. The van der Waals surface area contributed by atoms with Crippen LogP contribution >= 0.6 is 0 Å². The van der Waals surface area contributed by atoms with Crippen LogP contribution in [-0.4, -0.2) is 21.7 Å². The topological polar surface area (TPSA) is 37.3 Å². The normalized spacial score (nSPS) is 13.6. The number of benzene rings is 1. The van der Waals surface area contributed by atoms with Gasteiger partial charge in [-0.25, -0.2) is 0 Å². The van der Waals surface area contributed by atoms with E-state index < -0.39 is 10.8 Å². The highest BCUT2D eigenvalue weighted by Crippen LogP contribution is 2.22. The van der Waals surface area contributed by atoms with E-state index in [-0.39, 0.29) is 12.0 Å². The fourth-order valence-electron chi connectivity index (χ4n) is 1.58. The van der Waals surface area contributed by atoms with E-state index >= 15 is 0 Å². The molecule has 0 fully saturated rings. The number of aliphatic hydroxyl groups is 1. The second kappa shape index (κ2) is 6.31. The van der Waals surface area contributed by atoms with Crippen LogP contribution < -0.4 is 0 Å². The summed E-state index contributed by atoms with van der Waals surface area (Å²) in [7, 11) is -0.859. The number of hydrogen-bond donors (Lipinski definition) is 1. The van der Waals surface area contributed by atoms with Crippen LogP contribution in [0.2, 0.25) is 0 Å². The maximum absolute atomic E-state index is 11.7. The van der Waals surface area contributed by atoms with E-state index in [1.807, 2.05) is 0 Å². The predicted molar refractivity (Wildman–Crippen MR) is 73.6 cm³/mol. The highest BCUT2D eigenvalue weighted by Gasteiger charge is 2.13. The third-order valence-electron chi connectivity index (χ3n) is 2.68. The van der Waals surface area contributed by atoms with E-state index in [9.17, 15) is 4.21 Å². The molecule has 17 heavy (non-hydrogen) atoms. The molecule has 1 aromatic carbocycles. The number of hydrogen-bond acceptors (Lipinski definition) is 2.